The second-order valence-corrected chi connectivity index (χ2v) is 31.7. The number of carbonyl (C=O) groups excluding carboxylic acids is 2. The van der Waals surface area contributed by atoms with E-state index in [9.17, 15) is 9.59 Å². The fraction of sp³-hybridized carbons (Fsp3) is 0.480. The molecule has 12 rings (SSSR count). The molecule has 59 heavy (non-hydrogen) atoms. The van der Waals surface area contributed by atoms with E-state index in [4.69, 9.17) is 36.9 Å². The van der Waals surface area contributed by atoms with Crippen molar-refractivity contribution in [2.24, 2.45) is 47.3 Å². The Balaban J connectivity index is 0.707. The van der Waals surface area contributed by atoms with Crippen molar-refractivity contribution in [3.8, 4) is 33.8 Å². The van der Waals surface area contributed by atoms with Gasteiger partial charge in [0.15, 0.2) is 0 Å². The predicted molar refractivity (Wildman–Crippen MR) is 235 cm³/mol. The Hall–Kier alpha value is -3.21. The van der Waals surface area contributed by atoms with Gasteiger partial charge in [0, 0.05) is 0 Å². The van der Waals surface area contributed by atoms with E-state index in [1.54, 1.807) is 0 Å². The van der Waals surface area contributed by atoms with E-state index < -0.39 is 15.9 Å². The summed E-state index contributed by atoms with van der Waals surface area (Å²) in [6.45, 7) is 4.16. The van der Waals surface area contributed by atoms with E-state index in [0.717, 1.165) is 53.1 Å². The van der Waals surface area contributed by atoms with Crippen LogP contribution < -0.4 is 16.7 Å². The molecule has 0 saturated heterocycles. The molecule has 0 unspecified atom stereocenters. The topological polar surface area (TPSA) is 71.1 Å². The maximum Gasteiger partial charge on any atom is -0.000697 e. The SMILES string of the molecule is CC1(OC(=O)COc2ccc(-c3ccc([Te](Cl)(Cl)c4ccc(-c5ccc(OCC(=O)OC6(C)C7CC8CC(C7)CC6C8)cc5)cc4)cc3)cc2)C2CC3CC(C2)CC1C3. The summed E-state index contributed by atoms with van der Waals surface area (Å²) in [5.41, 5.74) is 3.44. The fourth-order valence-corrected chi connectivity index (χ4v) is 18.9. The average Bonchev–Trinajstić information content (AvgIpc) is 3.23. The van der Waals surface area contributed by atoms with Crippen molar-refractivity contribution in [1.29, 1.82) is 0 Å². The van der Waals surface area contributed by atoms with Gasteiger partial charge in [-0.1, -0.05) is 0 Å². The minimum Gasteiger partial charge on any atom is -0.0475 e. The second-order valence-electron chi connectivity index (χ2n) is 19.1. The molecule has 8 saturated carbocycles. The molecule has 0 amide bonds. The molecule has 0 aromatic heterocycles. The van der Waals surface area contributed by atoms with Gasteiger partial charge in [0.1, 0.15) is 11.2 Å². The number of hydrogen-bond donors (Lipinski definition) is 0. The summed E-state index contributed by atoms with van der Waals surface area (Å²) in [5, 5.41) is 0. The van der Waals surface area contributed by atoms with Crippen LogP contribution in [0.1, 0.15) is 78.1 Å². The zero-order valence-electron chi connectivity index (χ0n) is 34.0. The first kappa shape index (κ1) is 39.9. The van der Waals surface area contributed by atoms with Crippen molar-refractivity contribution >= 4 is 53.0 Å². The first-order valence-corrected chi connectivity index (χ1v) is 30.0. The van der Waals surface area contributed by atoms with Crippen LogP contribution in [0.5, 0.6) is 11.5 Å². The van der Waals surface area contributed by atoms with Gasteiger partial charge >= 0.3 is 226 Å². The van der Waals surface area contributed by atoms with E-state index in [1.165, 1.54) is 64.2 Å². The number of esters is 2. The van der Waals surface area contributed by atoms with E-state index in [0.29, 0.717) is 35.2 Å². The molecular formula is C50H54Cl2O6Te. The predicted octanol–water partition coefficient (Wildman–Crippen LogP) is 10.3. The Labute approximate surface area is 359 Å². The molecule has 9 heteroatoms. The van der Waals surface area contributed by atoms with Gasteiger partial charge < -0.3 is 0 Å². The summed E-state index contributed by atoms with van der Waals surface area (Å²) in [7, 11) is 14.4. The van der Waals surface area contributed by atoms with Crippen LogP contribution >= 0.6 is 17.9 Å². The molecule has 0 spiro atoms. The molecule has 0 heterocycles. The first-order chi connectivity index (χ1) is 28.4. The van der Waals surface area contributed by atoms with Crippen LogP contribution in [0.4, 0.5) is 0 Å². The standard InChI is InChI=1S/C50H54Cl2O6Te/c1-49(39-21-31-19-32(23-39)24-40(49)22-31)57-47(53)29-55-43-11-3-35(4-12-43)37-7-15-45(16-8-37)59(51,52)46-17-9-38(10-18-46)36-5-13-44(14-6-36)56-30-48(54)58-50(2)41-25-33-20-34(27-41)28-42(50)26-33/h3-18,31-34,39-42H,19-30H2,1-2H3. The van der Waals surface area contributed by atoms with Crippen molar-refractivity contribution in [3.05, 3.63) is 97.1 Å². The third kappa shape index (κ3) is 7.70. The summed E-state index contributed by atoms with van der Waals surface area (Å²) in [4.78, 5) is 25.9. The molecule has 0 aliphatic heterocycles. The van der Waals surface area contributed by atoms with E-state index in [2.05, 4.69) is 38.1 Å². The minimum atomic E-state index is -3.66. The number of rotatable bonds is 12. The van der Waals surface area contributed by atoms with Gasteiger partial charge in [0.05, 0.1) is 0 Å². The van der Waals surface area contributed by atoms with Crippen LogP contribution in [0.2, 0.25) is 0 Å². The van der Waals surface area contributed by atoms with Crippen LogP contribution in [0, 0.1) is 47.3 Å². The van der Waals surface area contributed by atoms with E-state index >= 15 is 0 Å². The Morgan fingerprint density at radius 2 is 0.746 bits per heavy atom. The molecule has 8 fully saturated rings. The molecule has 0 radical (unpaired) electrons. The number of benzene rings is 4. The van der Waals surface area contributed by atoms with Gasteiger partial charge in [0.25, 0.3) is 0 Å². The number of carbonyl (C=O) groups is 2. The number of ether oxygens (including phenoxy) is 4. The molecular weight excluding hydrogens is 895 g/mol. The summed E-state index contributed by atoms with van der Waals surface area (Å²) in [5.74, 6) is 5.99. The molecule has 310 valence electrons. The van der Waals surface area contributed by atoms with Crippen molar-refractivity contribution in [3.63, 3.8) is 0 Å². The maximum absolute atomic E-state index is 12.9. The molecule has 4 aromatic rings. The molecule has 8 aliphatic rings. The molecule has 8 aliphatic carbocycles. The Kier molecular flexibility index (Phi) is 10.6. The van der Waals surface area contributed by atoms with Crippen molar-refractivity contribution < 1.29 is 28.5 Å². The van der Waals surface area contributed by atoms with E-state index in [-0.39, 0.29) is 36.4 Å². The largest absolute Gasteiger partial charge is 0.0475 e. The summed E-state index contributed by atoms with van der Waals surface area (Å²) in [6, 6.07) is 32.0. The van der Waals surface area contributed by atoms with Gasteiger partial charge in [-0.3, -0.25) is 0 Å². The van der Waals surface area contributed by atoms with Crippen LogP contribution in [-0.2, 0) is 19.1 Å². The monoisotopic (exact) mass is 950 g/mol. The van der Waals surface area contributed by atoms with Crippen LogP contribution in [0.25, 0.3) is 22.3 Å². The van der Waals surface area contributed by atoms with Gasteiger partial charge in [-0.05, 0) is 125 Å². The molecule has 4 aromatic carbocycles. The van der Waals surface area contributed by atoms with Crippen LogP contribution in [-0.4, -0.2) is 52.3 Å². The summed E-state index contributed by atoms with van der Waals surface area (Å²) >= 11 is -3.66. The Bertz CT molecular complexity index is 1970. The van der Waals surface area contributed by atoms with Crippen molar-refractivity contribution in [2.45, 2.75) is 89.3 Å². The average molecular weight is 949 g/mol. The van der Waals surface area contributed by atoms with Gasteiger partial charge in [-0.25, -0.2) is 0 Å². The van der Waals surface area contributed by atoms with Crippen LogP contribution in [0.15, 0.2) is 97.1 Å². The maximum atomic E-state index is 12.9. The van der Waals surface area contributed by atoms with Crippen molar-refractivity contribution in [2.75, 3.05) is 13.2 Å². The Morgan fingerprint density at radius 1 is 0.475 bits per heavy atom. The first-order valence-electron chi connectivity index (χ1n) is 21.7. The fourth-order valence-electron chi connectivity index (χ4n) is 12.7. The summed E-state index contributed by atoms with van der Waals surface area (Å²) in [6.07, 6.45) is 12.3. The van der Waals surface area contributed by atoms with E-state index in [1.807, 2.05) is 72.8 Å². The molecule has 8 bridgehead atoms. The Morgan fingerprint density at radius 3 is 1.03 bits per heavy atom. The summed E-state index contributed by atoms with van der Waals surface area (Å²) < 4.78 is 26.0. The minimum absolute atomic E-state index is 0.0853. The molecule has 6 nitrogen and oxygen atoms in total. The smallest absolute Gasteiger partial charge is 0.000697 e. The van der Waals surface area contributed by atoms with Crippen molar-refractivity contribution in [1.82, 2.24) is 0 Å². The van der Waals surface area contributed by atoms with Crippen LogP contribution in [0.3, 0.4) is 0 Å². The molecule has 0 atom stereocenters. The zero-order chi connectivity index (χ0) is 40.5. The quantitative estimate of drug-likeness (QED) is 0.104. The normalized spacial score (nSPS) is 32.7. The number of hydrogen-bond acceptors (Lipinski definition) is 6. The van der Waals surface area contributed by atoms with Gasteiger partial charge in [-0.2, -0.15) is 0 Å². The third-order valence-electron chi connectivity index (χ3n) is 15.6. The number of halogens is 2. The van der Waals surface area contributed by atoms with Gasteiger partial charge in [-0.15, -0.1) is 0 Å². The van der Waals surface area contributed by atoms with Gasteiger partial charge in [0.2, 0.25) is 0 Å². The zero-order valence-corrected chi connectivity index (χ0v) is 37.8. The second kappa shape index (κ2) is 15.6. The molecule has 0 N–H and O–H groups in total. The third-order valence-corrected chi connectivity index (χ3v) is 25.3.